The summed E-state index contributed by atoms with van der Waals surface area (Å²) in [6.07, 6.45) is 1.84. The van der Waals surface area contributed by atoms with Crippen molar-refractivity contribution in [2.24, 2.45) is 11.3 Å². The molecule has 2 atom stereocenters. The van der Waals surface area contributed by atoms with E-state index in [9.17, 15) is 9.90 Å². The Morgan fingerprint density at radius 2 is 1.92 bits per heavy atom. The second kappa shape index (κ2) is 10.0. The van der Waals surface area contributed by atoms with Gasteiger partial charge in [-0.15, -0.1) is 0 Å². The summed E-state index contributed by atoms with van der Waals surface area (Å²) in [5.74, 6) is 1.79. The Balaban J connectivity index is 1.57. The molecule has 3 fully saturated rings. The van der Waals surface area contributed by atoms with Crippen LogP contribution in [0.25, 0.3) is 11.1 Å². The third kappa shape index (κ3) is 4.90. The summed E-state index contributed by atoms with van der Waals surface area (Å²) in [7, 11) is 0. The van der Waals surface area contributed by atoms with Crippen LogP contribution in [0.4, 0.5) is 4.79 Å². The van der Waals surface area contributed by atoms with E-state index in [1.165, 1.54) is 0 Å². The third-order valence-electron chi connectivity index (χ3n) is 8.30. The van der Waals surface area contributed by atoms with Crippen LogP contribution in [0, 0.1) is 11.3 Å². The standard InChI is InChI=1S/C30H39ClN2O4/c1-6-36-27-15-23-21(13-22(27)20-7-8-26(24(31)14-20)37-18(2)3)16-30(4,5)28(23)33(29(34)35)25-17-32-11-9-19(25)10-12-32/h7-8,13-15,18-19,25,28H,6,9-12,16-17H2,1-5H3,(H,34,35)/p-1/t25-,28+/m1/s1. The summed E-state index contributed by atoms with van der Waals surface area (Å²) in [6, 6.07) is 9.74. The zero-order valence-electron chi connectivity index (χ0n) is 22.6. The summed E-state index contributed by atoms with van der Waals surface area (Å²) in [5, 5.41) is 13.3. The van der Waals surface area contributed by atoms with Gasteiger partial charge in [0.1, 0.15) is 17.6 Å². The molecule has 3 heterocycles. The summed E-state index contributed by atoms with van der Waals surface area (Å²) < 4.78 is 12.0. The largest absolute Gasteiger partial charge is 0.530 e. The lowest BCUT2D eigenvalue weighted by Gasteiger charge is -2.53. The number of amides is 1. The molecule has 7 heteroatoms. The highest BCUT2D eigenvalue weighted by Gasteiger charge is 2.48. The number of rotatable bonds is 7. The van der Waals surface area contributed by atoms with E-state index in [4.69, 9.17) is 21.1 Å². The summed E-state index contributed by atoms with van der Waals surface area (Å²) in [6.45, 7) is 13.7. The van der Waals surface area contributed by atoms with Gasteiger partial charge in [0.05, 0.1) is 23.8 Å². The number of fused-ring (bicyclic) bond motifs is 4. The van der Waals surface area contributed by atoms with Gasteiger partial charge < -0.3 is 29.2 Å². The fraction of sp³-hybridized carbons (Fsp3) is 0.567. The second-order valence-corrected chi connectivity index (χ2v) is 12.1. The summed E-state index contributed by atoms with van der Waals surface area (Å²) in [5.41, 5.74) is 3.81. The Morgan fingerprint density at radius 1 is 1.19 bits per heavy atom. The fourth-order valence-corrected chi connectivity index (χ4v) is 7.01. The molecule has 1 aliphatic carbocycles. The highest BCUT2D eigenvalue weighted by molar-refractivity contribution is 6.32. The molecule has 1 amide bonds. The minimum atomic E-state index is -1.07. The first-order valence-electron chi connectivity index (χ1n) is 13.6. The van der Waals surface area contributed by atoms with Crippen LogP contribution < -0.4 is 14.6 Å². The SMILES string of the molecule is CCOc1cc2c(cc1-c1ccc(OC(C)C)c(Cl)c1)CC(C)(C)[C@H]2N(C(=O)[O-])[C@@H]1CN2CCC1CC2. The molecule has 3 saturated heterocycles. The molecular formula is C30H38ClN2O4-. The summed E-state index contributed by atoms with van der Waals surface area (Å²) in [4.78, 5) is 16.8. The van der Waals surface area contributed by atoms with Crippen LogP contribution in [-0.4, -0.2) is 54.3 Å². The first-order chi connectivity index (χ1) is 17.6. The average Bonchev–Trinajstić information content (AvgIpc) is 3.10. The highest BCUT2D eigenvalue weighted by atomic mass is 35.5. The van der Waals surface area contributed by atoms with Gasteiger partial charge in [-0.1, -0.05) is 31.5 Å². The second-order valence-electron chi connectivity index (χ2n) is 11.7. The van der Waals surface area contributed by atoms with E-state index in [-0.39, 0.29) is 23.6 Å². The van der Waals surface area contributed by atoms with Crippen molar-refractivity contribution < 1.29 is 19.4 Å². The van der Waals surface area contributed by atoms with Crippen molar-refractivity contribution in [3.63, 3.8) is 0 Å². The number of carbonyl (C=O) groups is 1. The number of hydrogen-bond acceptors (Lipinski definition) is 5. The molecule has 0 spiro atoms. The van der Waals surface area contributed by atoms with Gasteiger partial charge in [0, 0.05) is 18.2 Å². The Bertz CT molecular complexity index is 1170. The molecular weight excluding hydrogens is 488 g/mol. The van der Waals surface area contributed by atoms with E-state index >= 15 is 0 Å². The number of ether oxygens (including phenoxy) is 2. The van der Waals surface area contributed by atoms with Crippen LogP contribution in [0.3, 0.4) is 0 Å². The maximum atomic E-state index is 12.7. The van der Waals surface area contributed by atoms with Crippen LogP contribution in [0.5, 0.6) is 11.5 Å². The molecule has 2 aromatic carbocycles. The number of benzene rings is 2. The van der Waals surface area contributed by atoms with E-state index in [0.717, 1.165) is 66.9 Å². The van der Waals surface area contributed by atoms with Crippen molar-refractivity contribution in [2.45, 2.75) is 72.1 Å². The molecule has 6 nitrogen and oxygen atoms in total. The van der Waals surface area contributed by atoms with Gasteiger partial charge in [0.25, 0.3) is 0 Å². The Hall–Kier alpha value is -2.44. The quantitative estimate of drug-likeness (QED) is 0.474. The predicted molar refractivity (Wildman–Crippen MR) is 144 cm³/mol. The van der Waals surface area contributed by atoms with Gasteiger partial charge >= 0.3 is 0 Å². The number of carbonyl (C=O) groups excluding carboxylic acids is 1. The molecule has 0 aromatic heterocycles. The van der Waals surface area contributed by atoms with Gasteiger partial charge in [-0.2, -0.15) is 0 Å². The number of piperidine rings is 3. The molecule has 0 N–H and O–H groups in total. The van der Waals surface area contributed by atoms with Gasteiger partial charge in [-0.05, 0) is 105 Å². The Morgan fingerprint density at radius 3 is 2.49 bits per heavy atom. The van der Waals surface area contributed by atoms with Crippen LogP contribution >= 0.6 is 11.6 Å². The number of halogens is 1. The van der Waals surface area contributed by atoms with E-state index < -0.39 is 6.09 Å². The summed E-state index contributed by atoms with van der Waals surface area (Å²) >= 11 is 6.58. The Kier molecular flexibility index (Phi) is 7.10. The van der Waals surface area contributed by atoms with E-state index in [1.807, 2.05) is 39.0 Å². The predicted octanol–water partition coefficient (Wildman–Crippen LogP) is 5.56. The first kappa shape index (κ1) is 26.2. The monoisotopic (exact) mass is 525 g/mol. The molecule has 0 unspecified atom stereocenters. The van der Waals surface area contributed by atoms with E-state index in [0.29, 0.717) is 23.3 Å². The lowest BCUT2D eigenvalue weighted by molar-refractivity contribution is -0.276. The molecule has 3 aliphatic heterocycles. The molecule has 6 rings (SSSR count). The molecule has 2 aromatic rings. The topological polar surface area (TPSA) is 65.1 Å². The number of carboxylic acid groups (broad SMARTS) is 1. The van der Waals surface area contributed by atoms with Crippen molar-refractivity contribution in [3.8, 4) is 22.6 Å². The molecule has 0 radical (unpaired) electrons. The average molecular weight is 526 g/mol. The molecule has 2 bridgehead atoms. The van der Waals surface area contributed by atoms with Crippen molar-refractivity contribution in [1.82, 2.24) is 9.80 Å². The smallest absolute Gasteiger partial charge is 0.138 e. The van der Waals surface area contributed by atoms with Gasteiger partial charge in [-0.3, -0.25) is 0 Å². The van der Waals surface area contributed by atoms with Crippen LogP contribution in [0.15, 0.2) is 30.3 Å². The van der Waals surface area contributed by atoms with Crippen molar-refractivity contribution in [2.75, 3.05) is 26.2 Å². The zero-order valence-corrected chi connectivity index (χ0v) is 23.3. The van der Waals surface area contributed by atoms with Crippen LogP contribution in [-0.2, 0) is 6.42 Å². The highest BCUT2D eigenvalue weighted by Crippen LogP contribution is 2.53. The minimum absolute atomic E-state index is 0.0318. The van der Waals surface area contributed by atoms with Gasteiger partial charge in [0.15, 0.2) is 0 Å². The van der Waals surface area contributed by atoms with Crippen LogP contribution in [0.1, 0.15) is 64.6 Å². The maximum Gasteiger partial charge on any atom is 0.138 e. The maximum absolute atomic E-state index is 12.7. The first-order valence-corrected chi connectivity index (χ1v) is 13.9. The Labute approximate surface area is 225 Å². The zero-order chi connectivity index (χ0) is 26.5. The van der Waals surface area contributed by atoms with Gasteiger partial charge in [-0.25, -0.2) is 0 Å². The normalized spacial score (nSPS) is 25.7. The lowest BCUT2D eigenvalue weighted by atomic mass is 9.79. The lowest BCUT2D eigenvalue weighted by Crippen LogP contribution is -2.62. The third-order valence-corrected chi connectivity index (χ3v) is 8.59. The van der Waals surface area contributed by atoms with Crippen LogP contribution in [0.2, 0.25) is 5.02 Å². The molecule has 0 saturated carbocycles. The number of nitrogens with zero attached hydrogens (tertiary/aromatic N) is 2. The number of hydrogen-bond donors (Lipinski definition) is 0. The van der Waals surface area contributed by atoms with Crippen molar-refractivity contribution >= 4 is 17.7 Å². The van der Waals surface area contributed by atoms with E-state index in [1.54, 1.807) is 4.90 Å². The van der Waals surface area contributed by atoms with Crippen molar-refractivity contribution in [1.29, 1.82) is 0 Å². The molecule has 37 heavy (non-hydrogen) atoms. The fourth-order valence-electron chi connectivity index (χ4n) is 6.78. The molecule has 4 aliphatic rings. The van der Waals surface area contributed by atoms with Crippen molar-refractivity contribution in [3.05, 3.63) is 46.5 Å². The molecule has 200 valence electrons. The minimum Gasteiger partial charge on any atom is -0.530 e. The van der Waals surface area contributed by atoms with E-state index in [2.05, 4.69) is 30.9 Å². The van der Waals surface area contributed by atoms with Gasteiger partial charge in [0.2, 0.25) is 0 Å².